The fourth-order valence-electron chi connectivity index (χ4n) is 4.09. The van der Waals surface area contributed by atoms with Crippen LogP contribution in [0, 0.1) is 0 Å². The Morgan fingerprint density at radius 3 is 2.73 bits per heavy atom. The molecule has 0 aliphatic carbocycles. The van der Waals surface area contributed by atoms with Crippen LogP contribution < -0.4 is 15.4 Å². The molecule has 0 saturated heterocycles. The van der Waals surface area contributed by atoms with Crippen molar-refractivity contribution in [1.29, 1.82) is 0 Å². The van der Waals surface area contributed by atoms with E-state index in [1.807, 2.05) is 36.4 Å². The normalized spacial score (nSPS) is 11.6. The van der Waals surface area contributed by atoms with Gasteiger partial charge in [0.05, 0.1) is 25.3 Å². The number of rotatable bonds is 9. The summed E-state index contributed by atoms with van der Waals surface area (Å²) in [6.07, 6.45) is 7.42. The van der Waals surface area contributed by atoms with Gasteiger partial charge in [-0.25, -0.2) is 24.7 Å². The number of carbonyl (C=O) groups is 2. The summed E-state index contributed by atoms with van der Waals surface area (Å²) in [5, 5.41) is 5.51. The van der Waals surface area contributed by atoms with Crippen molar-refractivity contribution >= 4 is 29.0 Å². The first-order chi connectivity index (χ1) is 19.5. The number of fused-ring (bicyclic) bond motifs is 1. The molecule has 3 heterocycles. The first kappa shape index (κ1) is 26.1. The maximum absolute atomic E-state index is 13.1. The average molecular weight is 539 g/mol. The van der Waals surface area contributed by atoms with Gasteiger partial charge in [-0.05, 0) is 42.8 Å². The summed E-state index contributed by atoms with van der Waals surface area (Å²) < 4.78 is 11.9. The molecule has 3 aromatic heterocycles. The number of benzene rings is 2. The third-order valence-electron chi connectivity index (χ3n) is 5.96. The van der Waals surface area contributed by atoms with Crippen molar-refractivity contribution in [1.82, 2.24) is 34.8 Å². The van der Waals surface area contributed by atoms with Gasteiger partial charge in [0, 0.05) is 29.8 Å². The molecule has 0 fully saturated rings. The summed E-state index contributed by atoms with van der Waals surface area (Å²) in [6.45, 7) is 5.79. The van der Waals surface area contributed by atoms with E-state index < -0.39 is 12.1 Å². The van der Waals surface area contributed by atoms with E-state index in [-0.39, 0.29) is 24.2 Å². The molecule has 12 heteroatoms. The molecule has 40 heavy (non-hydrogen) atoms. The van der Waals surface area contributed by atoms with Crippen molar-refractivity contribution in [3.8, 4) is 22.8 Å². The molecule has 5 rings (SSSR count). The van der Waals surface area contributed by atoms with E-state index in [1.165, 1.54) is 6.33 Å². The quantitative estimate of drug-likeness (QED) is 0.233. The van der Waals surface area contributed by atoms with Gasteiger partial charge in [0.15, 0.2) is 5.82 Å². The molecule has 0 bridgehead atoms. The SMILES string of the molecule is C=C[C@H](NC(=O)c1cn(-c2cc(-c3ncccn3)c3nc(NC(=O)OCC)[nH]c3c2)cn1)c1cccc(OC)c1. The molecule has 0 aliphatic rings. The minimum atomic E-state index is -0.628. The Hall–Kier alpha value is -5.52. The lowest BCUT2D eigenvalue weighted by Gasteiger charge is -2.15. The number of nitrogens with one attached hydrogen (secondary N) is 3. The molecular weight excluding hydrogens is 512 g/mol. The summed E-state index contributed by atoms with van der Waals surface area (Å²) in [5.74, 6) is 0.952. The molecule has 5 aromatic rings. The summed E-state index contributed by atoms with van der Waals surface area (Å²) >= 11 is 0. The zero-order chi connectivity index (χ0) is 28.1. The largest absolute Gasteiger partial charge is 0.497 e. The number of H-pyrrole nitrogens is 1. The van der Waals surface area contributed by atoms with Crippen LogP contribution in [0.2, 0.25) is 0 Å². The Morgan fingerprint density at radius 1 is 1.15 bits per heavy atom. The molecule has 0 aliphatic heterocycles. The predicted octanol–water partition coefficient (Wildman–Crippen LogP) is 4.44. The van der Waals surface area contributed by atoms with Crippen LogP contribution in [0.3, 0.4) is 0 Å². The number of nitrogens with zero attached hydrogens (tertiary/aromatic N) is 5. The topological polar surface area (TPSA) is 149 Å². The number of ether oxygens (including phenoxy) is 2. The van der Waals surface area contributed by atoms with E-state index >= 15 is 0 Å². The van der Waals surface area contributed by atoms with Gasteiger partial charge >= 0.3 is 6.09 Å². The molecule has 2 aromatic carbocycles. The first-order valence-corrected chi connectivity index (χ1v) is 12.4. The fourth-order valence-corrected chi connectivity index (χ4v) is 4.09. The maximum atomic E-state index is 13.1. The Labute approximate surface area is 229 Å². The van der Waals surface area contributed by atoms with Crippen LogP contribution in [0.5, 0.6) is 5.75 Å². The van der Waals surface area contributed by atoms with Crippen LogP contribution >= 0.6 is 0 Å². The van der Waals surface area contributed by atoms with Gasteiger partial charge in [0.1, 0.15) is 23.3 Å². The number of aromatic amines is 1. The summed E-state index contributed by atoms with van der Waals surface area (Å²) in [7, 11) is 1.58. The van der Waals surface area contributed by atoms with E-state index in [9.17, 15) is 9.59 Å². The summed E-state index contributed by atoms with van der Waals surface area (Å²) in [5.41, 5.74) is 3.47. The third-order valence-corrected chi connectivity index (χ3v) is 5.96. The van der Waals surface area contributed by atoms with E-state index in [0.29, 0.717) is 33.9 Å². The average Bonchev–Trinajstić information content (AvgIpc) is 3.63. The Kier molecular flexibility index (Phi) is 7.49. The van der Waals surface area contributed by atoms with Crippen molar-refractivity contribution < 1.29 is 19.1 Å². The number of methoxy groups -OCH3 is 1. The van der Waals surface area contributed by atoms with Crippen molar-refractivity contribution in [2.75, 3.05) is 19.0 Å². The van der Waals surface area contributed by atoms with Crippen LogP contribution in [0.1, 0.15) is 29.0 Å². The number of carbonyl (C=O) groups excluding carboxylic acids is 2. The molecule has 0 saturated carbocycles. The van der Waals surface area contributed by atoms with Gasteiger partial charge in [0.2, 0.25) is 5.95 Å². The molecule has 0 radical (unpaired) electrons. The molecule has 3 N–H and O–H groups in total. The van der Waals surface area contributed by atoms with Crippen LogP contribution in [-0.2, 0) is 4.74 Å². The highest BCUT2D eigenvalue weighted by Gasteiger charge is 2.19. The van der Waals surface area contributed by atoms with Crippen molar-refractivity contribution in [3.63, 3.8) is 0 Å². The summed E-state index contributed by atoms with van der Waals surface area (Å²) in [4.78, 5) is 45.7. The molecule has 1 atom stereocenters. The van der Waals surface area contributed by atoms with E-state index in [4.69, 9.17) is 9.47 Å². The zero-order valence-corrected chi connectivity index (χ0v) is 21.8. The number of aromatic nitrogens is 6. The second-order valence-corrected chi connectivity index (χ2v) is 8.52. The highest BCUT2D eigenvalue weighted by molar-refractivity contribution is 5.95. The van der Waals surface area contributed by atoms with Crippen molar-refractivity contribution in [2.45, 2.75) is 13.0 Å². The van der Waals surface area contributed by atoms with Gasteiger partial charge in [0.25, 0.3) is 5.91 Å². The monoisotopic (exact) mass is 538 g/mol. The molecular formula is C28H26N8O4. The van der Waals surface area contributed by atoms with Gasteiger partial charge in [-0.15, -0.1) is 6.58 Å². The standard InChI is InChI=1S/C28H26N8O4/c1-4-21(17-8-6-9-19(12-17)39-3)32-26(37)23-15-36(16-31-23)18-13-20(25-29-10-7-11-30-25)24-22(14-18)33-27(34-24)35-28(38)40-5-2/h4,6-16,21H,1,5H2,2-3H3,(H,32,37)(H2,33,34,35,38)/t21-/m0/s1. The highest BCUT2D eigenvalue weighted by atomic mass is 16.5. The first-order valence-electron chi connectivity index (χ1n) is 12.4. The van der Waals surface area contributed by atoms with Gasteiger partial charge in [-0.1, -0.05) is 18.2 Å². The smallest absolute Gasteiger partial charge is 0.413 e. The third kappa shape index (κ3) is 5.50. The molecule has 2 amide bonds. The number of anilines is 1. The molecule has 202 valence electrons. The molecule has 12 nitrogen and oxygen atoms in total. The van der Waals surface area contributed by atoms with Crippen LogP contribution in [0.4, 0.5) is 10.7 Å². The fraction of sp³-hybridized carbons (Fsp3) is 0.143. The molecule has 0 spiro atoms. The van der Waals surface area contributed by atoms with Crippen LogP contribution in [-0.4, -0.2) is 55.2 Å². The Morgan fingerprint density at radius 2 is 1.98 bits per heavy atom. The van der Waals surface area contributed by atoms with Gasteiger partial charge in [-0.3, -0.25) is 10.1 Å². The maximum Gasteiger partial charge on any atom is 0.413 e. The lowest BCUT2D eigenvalue weighted by atomic mass is 10.1. The number of imidazole rings is 2. The number of amides is 2. The van der Waals surface area contributed by atoms with Gasteiger partial charge < -0.3 is 24.3 Å². The minimum Gasteiger partial charge on any atom is -0.497 e. The minimum absolute atomic E-state index is 0.210. The number of hydrogen-bond donors (Lipinski definition) is 3. The van der Waals surface area contributed by atoms with Crippen molar-refractivity contribution in [2.24, 2.45) is 0 Å². The van der Waals surface area contributed by atoms with E-state index in [0.717, 1.165) is 5.56 Å². The van der Waals surface area contributed by atoms with Gasteiger partial charge in [-0.2, -0.15) is 0 Å². The van der Waals surface area contributed by atoms with Crippen LogP contribution in [0.25, 0.3) is 28.1 Å². The second-order valence-electron chi connectivity index (χ2n) is 8.52. The number of hydrogen-bond acceptors (Lipinski definition) is 8. The van der Waals surface area contributed by atoms with Crippen LogP contribution in [0.15, 0.2) is 80.0 Å². The Bertz CT molecular complexity index is 1680. The Balaban J connectivity index is 1.46. The second kappa shape index (κ2) is 11.5. The van der Waals surface area contributed by atoms with E-state index in [2.05, 4.69) is 42.1 Å². The summed E-state index contributed by atoms with van der Waals surface area (Å²) in [6, 6.07) is 12.3. The molecule has 0 unspecified atom stereocenters. The lowest BCUT2D eigenvalue weighted by molar-refractivity contribution is 0.0939. The lowest BCUT2D eigenvalue weighted by Crippen LogP contribution is -2.27. The van der Waals surface area contributed by atoms with E-state index in [1.54, 1.807) is 49.3 Å². The van der Waals surface area contributed by atoms with Crippen molar-refractivity contribution in [3.05, 3.63) is 91.3 Å². The highest BCUT2D eigenvalue weighted by Crippen LogP contribution is 2.29. The predicted molar refractivity (Wildman–Crippen MR) is 148 cm³/mol. The zero-order valence-electron chi connectivity index (χ0n) is 21.8.